The smallest absolute Gasteiger partial charge is 0.306 e. The van der Waals surface area contributed by atoms with E-state index >= 15 is 0 Å². The number of esters is 1. The molecule has 3 rings (SSSR count). The normalized spacial score (nSPS) is 32.2. The quantitative estimate of drug-likeness (QED) is 0.595. The topological polar surface area (TPSA) is 26.3 Å². The van der Waals surface area contributed by atoms with Crippen molar-refractivity contribution in [3.05, 3.63) is 48.0 Å². The van der Waals surface area contributed by atoms with E-state index in [9.17, 15) is 4.79 Å². The number of fused-ring (bicyclic) bond motifs is 1. The molecule has 0 unspecified atom stereocenters. The summed E-state index contributed by atoms with van der Waals surface area (Å²) in [4.78, 5) is 11.5. The summed E-state index contributed by atoms with van der Waals surface area (Å²) in [6, 6.07) is 10.7. The van der Waals surface area contributed by atoms with Gasteiger partial charge in [-0.3, -0.25) is 4.79 Å². The van der Waals surface area contributed by atoms with E-state index in [-0.39, 0.29) is 12.1 Å². The van der Waals surface area contributed by atoms with E-state index in [1.807, 2.05) is 0 Å². The number of rotatable bonds is 5. The number of hydrogen-bond donors (Lipinski definition) is 0. The fourth-order valence-corrected chi connectivity index (χ4v) is 3.97. The van der Waals surface area contributed by atoms with E-state index in [1.165, 1.54) is 12.0 Å². The van der Waals surface area contributed by atoms with Crippen LogP contribution in [0.25, 0.3) is 0 Å². The van der Waals surface area contributed by atoms with Crippen LogP contribution < -0.4 is 0 Å². The van der Waals surface area contributed by atoms with Crippen molar-refractivity contribution >= 4 is 5.97 Å². The molecule has 0 aromatic heterocycles. The van der Waals surface area contributed by atoms with E-state index in [0.29, 0.717) is 30.1 Å². The maximum absolute atomic E-state index is 11.5. The van der Waals surface area contributed by atoms with Gasteiger partial charge in [0.2, 0.25) is 0 Å². The lowest BCUT2D eigenvalue weighted by molar-refractivity contribution is -0.141. The maximum Gasteiger partial charge on any atom is 0.306 e. The molecule has 0 N–H and O–H groups in total. The fourth-order valence-electron chi connectivity index (χ4n) is 3.97. The summed E-state index contributed by atoms with van der Waals surface area (Å²) in [6.07, 6.45) is 8.84. The monoisotopic (exact) mass is 298 g/mol. The van der Waals surface area contributed by atoms with Gasteiger partial charge in [-0.25, -0.2) is 0 Å². The average Bonchev–Trinajstić information content (AvgIpc) is 2.99. The van der Waals surface area contributed by atoms with E-state index in [4.69, 9.17) is 4.74 Å². The highest BCUT2D eigenvalue weighted by molar-refractivity contribution is 5.72. The highest BCUT2D eigenvalue weighted by Crippen LogP contribution is 2.45. The van der Waals surface area contributed by atoms with Gasteiger partial charge >= 0.3 is 5.97 Å². The second-order valence-corrected chi connectivity index (χ2v) is 7.07. The molecule has 2 nitrogen and oxygen atoms in total. The molecule has 1 aliphatic carbocycles. The molecule has 1 saturated heterocycles. The molecule has 1 aromatic carbocycles. The van der Waals surface area contributed by atoms with E-state index < -0.39 is 0 Å². The van der Waals surface area contributed by atoms with Gasteiger partial charge in [0, 0.05) is 5.92 Å². The average molecular weight is 298 g/mol. The summed E-state index contributed by atoms with van der Waals surface area (Å²) in [6.45, 7) is 4.57. The van der Waals surface area contributed by atoms with E-state index in [0.717, 1.165) is 12.8 Å². The van der Waals surface area contributed by atoms with Crippen LogP contribution in [0.1, 0.15) is 38.7 Å². The predicted molar refractivity (Wildman–Crippen MR) is 88.3 cm³/mol. The molecule has 1 aromatic rings. The third-order valence-electron chi connectivity index (χ3n) is 5.31. The van der Waals surface area contributed by atoms with Crippen LogP contribution in [-0.2, 0) is 16.0 Å². The minimum Gasteiger partial charge on any atom is -0.462 e. The zero-order valence-corrected chi connectivity index (χ0v) is 13.6. The van der Waals surface area contributed by atoms with Crippen LogP contribution in [0.4, 0.5) is 0 Å². The van der Waals surface area contributed by atoms with Gasteiger partial charge in [-0.2, -0.15) is 0 Å². The Morgan fingerprint density at radius 1 is 1.32 bits per heavy atom. The van der Waals surface area contributed by atoms with Gasteiger partial charge in [-0.05, 0) is 42.6 Å². The Morgan fingerprint density at radius 2 is 2.09 bits per heavy atom. The fraction of sp³-hybridized carbons (Fsp3) is 0.550. The van der Waals surface area contributed by atoms with Gasteiger partial charge in [-0.1, -0.05) is 56.3 Å². The minimum atomic E-state index is -0.00238. The third kappa shape index (κ3) is 3.43. The Kier molecular flexibility index (Phi) is 4.66. The molecular weight excluding hydrogens is 272 g/mol. The molecule has 22 heavy (non-hydrogen) atoms. The Labute approximate surface area is 133 Å². The van der Waals surface area contributed by atoms with Crippen LogP contribution in [0, 0.1) is 23.7 Å². The van der Waals surface area contributed by atoms with Crippen molar-refractivity contribution in [2.45, 2.75) is 45.6 Å². The Balaban J connectivity index is 1.53. The van der Waals surface area contributed by atoms with Crippen LogP contribution >= 0.6 is 0 Å². The van der Waals surface area contributed by atoms with Crippen molar-refractivity contribution in [3.8, 4) is 0 Å². The molecule has 2 fully saturated rings. The number of aryl methyl sites for hydroxylation is 1. The molecule has 5 atom stereocenters. The standard InChI is InChI=1S/C20H26O2/c1-14(8-10-16-6-4-3-5-7-16)9-11-17-15(2)12-19-18(17)13-20(21)22-19/h3-7,9,11,14-15,17-19H,8,10,12-13H2,1-2H3/t14-,15+,17-,18+,19-/m0/s1. The maximum atomic E-state index is 11.5. The van der Waals surface area contributed by atoms with Crippen molar-refractivity contribution in [2.24, 2.45) is 23.7 Å². The molecule has 118 valence electrons. The molecular formula is C20H26O2. The number of carbonyl (C=O) groups is 1. The number of hydrogen-bond acceptors (Lipinski definition) is 2. The SMILES string of the molecule is C[C@H](C=C[C@@H]1[C@H]2CC(=O)O[C@H]2C[C@H]1C)CCc1ccccc1. The van der Waals surface area contributed by atoms with Crippen molar-refractivity contribution in [3.63, 3.8) is 0 Å². The van der Waals surface area contributed by atoms with E-state index in [2.05, 4.69) is 56.3 Å². The van der Waals surface area contributed by atoms with Crippen molar-refractivity contribution < 1.29 is 9.53 Å². The van der Waals surface area contributed by atoms with Crippen LogP contribution in [-0.4, -0.2) is 12.1 Å². The summed E-state index contributed by atoms with van der Waals surface area (Å²) >= 11 is 0. The Hall–Kier alpha value is -1.57. The molecule has 0 amide bonds. The summed E-state index contributed by atoms with van der Waals surface area (Å²) in [5, 5.41) is 0. The number of carbonyl (C=O) groups excluding carboxylic acids is 1. The van der Waals surface area contributed by atoms with Gasteiger partial charge in [0.15, 0.2) is 0 Å². The van der Waals surface area contributed by atoms with Crippen molar-refractivity contribution in [2.75, 3.05) is 0 Å². The first kappa shape index (κ1) is 15.3. The molecule has 2 aliphatic rings. The van der Waals surface area contributed by atoms with Crippen LogP contribution in [0.15, 0.2) is 42.5 Å². The Morgan fingerprint density at radius 3 is 2.86 bits per heavy atom. The number of benzene rings is 1. The van der Waals surface area contributed by atoms with Crippen molar-refractivity contribution in [1.29, 1.82) is 0 Å². The number of ether oxygens (including phenoxy) is 1. The molecule has 0 bridgehead atoms. The summed E-state index contributed by atoms with van der Waals surface area (Å²) in [7, 11) is 0. The first-order valence-electron chi connectivity index (χ1n) is 8.55. The predicted octanol–water partition coefficient (Wildman–Crippen LogP) is 4.40. The van der Waals surface area contributed by atoms with Crippen LogP contribution in [0.5, 0.6) is 0 Å². The zero-order valence-electron chi connectivity index (χ0n) is 13.6. The first-order valence-corrected chi connectivity index (χ1v) is 8.55. The lowest BCUT2D eigenvalue weighted by atomic mass is 9.87. The molecule has 0 spiro atoms. The van der Waals surface area contributed by atoms with Gasteiger partial charge in [0.05, 0.1) is 6.42 Å². The lowest BCUT2D eigenvalue weighted by Gasteiger charge is -2.16. The Bertz CT molecular complexity index is 534. The summed E-state index contributed by atoms with van der Waals surface area (Å²) < 4.78 is 5.43. The lowest BCUT2D eigenvalue weighted by Crippen LogP contribution is -2.13. The van der Waals surface area contributed by atoms with Crippen molar-refractivity contribution in [1.82, 2.24) is 0 Å². The summed E-state index contributed by atoms with van der Waals surface area (Å²) in [5.74, 6) is 2.12. The molecule has 2 heteroatoms. The minimum absolute atomic E-state index is 0.00238. The highest BCUT2D eigenvalue weighted by Gasteiger charge is 2.47. The third-order valence-corrected chi connectivity index (χ3v) is 5.31. The number of allylic oxidation sites excluding steroid dienone is 2. The molecule has 0 radical (unpaired) electrons. The van der Waals surface area contributed by atoms with Gasteiger partial charge in [-0.15, -0.1) is 0 Å². The highest BCUT2D eigenvalue weighted by atomic mass is 16.6. The molecule has 1 saturated carbocycles. The molecule has 1 heterocycles. The van der Waals surface area contributed by atoms with E-state index in [1.54, 1.807) is 0 Å². The van der Waals surface area contributed by atoms with Crippen LogP contribution in [0.3, 0.4) is 0 Å². The van der Waals surface area contributed by atoms with Gasteiger partial charge < -0.3 is 4.74 Å². The van der Waals surface area contributed by atoms with Gasteiger partial charge in [0.25, 0.3) is 0 Å². The second kappa shape index (κ2) is 6.68. The largest absolute Gasteiger partial charge is 0.462 e. The first-order chi connectivity index (χ1) is 10.6. The summed E-state index contributed by atoms with van der Waals surface area (Å²) in [5.41, 5.74) is 1.41. The zero-order chi connectivity index (χ0) is 15.5. The molecule has 1 aliphatic heterocycles. The second-order valence-electron chi connectivity index (χ2n) is 7.07. The van der Waals surface area contributed by atoms with Crippen LogP contribution in [0.2, 0.25) is 0 Å². The van der Waals surface area contributed by atoms with Gasteiger partial charge in [0.1, 0.15) is 6.10 Å².